The van der Waals surface area contributed by atoms with Crippen LogP contribution in [0.2, 0.25) is 0 Å². The number of alkyl halides is 3. The number of aliphatic hydroxyl groups excluding tert-OH is 1. The van der Waals surface area contributed by atoms with E-state index in [9.17, 15) is 18.0 Å². The fourth-order valence-electron chi connectivity index (χ4n) is 1.04. The molecule has 0 heterocycles. The van der Waals surface area contributed by atoms with E-state index < -0.39 is 18.8 Å². The molecule has 0 bridgehead atoms. The Kier molecular flexibility index (Phi) is 7.70. The summed E-state index contributed by atoms with van der Waals surface area (Å²) >= 11 is 0. The second kappa shape index (κ2) is 8.20. The molecule has 16 heavy (non-hydrogen) atoms. The van der Waals surface area contributed by atoms with Gasteiger partial charge in [0.1, 0.15) is 6.54 Å². The summed E-state index contributed by atoms with van der Waals surface area (Å²) in [7, 11) is 0. The average Bonchev–Trinajstić information content (AvgIpc) is 2.19. The quantitative estimate of drug-likeness (QED) is 0.591. The molecule has 0 spiro atoms. The number of halogens is 3. The summed E-state index contributed by atoms with van der Waals surface area (Å²) in [6.07, 6.45) is -1.29. The fourth-order valence-corrected chi connectivity index (χ4v) is 1.04. The molecule has 3 N–H and O–H groups in total. The molecule has 7 heteroatoms. The number of urea groups is 1. The second-order valence-electron chi connectivity index (χ2n) is 3.36. The van der Waals surface area contributed by atoms with Crippen LogP contribution in [0.1, 0.15) is 25.7 Å². The van der Waals surface area contributed by atoms with Crippen LogP contribution in [0.3, 0.4) is 0 Å². The number of carbonyl (C=O) groups excluding carboxylic acids is 1. The summed E-state index contributed by atoms with van der Waals surface area (Å²) in [6.45, 7) is -0.835. The highest BCUT2D eigenvalue weighted by atomic mass is 19.4. The number of nitrogens with one attached hydrogen (secondary N) is 2. The minimum absolute atomic E-state index is 0.138. The van der Waals surface area contributed by atoms with E-state index in [1.54, 1.807) is 5.32 Å². The largest absolute Gasteiger partial charge is 0.405 e. The molecule has 0 atom stereocenters. The van der Waals surface area contributed by atoms with Gasteiger partial charge >= 0.3 is 12.2 Å². The highest BCUT2D eigenvalue weighted by Gasteiger charge is 2.27. The smallest absolute Gasteiger partial charge is 0.396 e. The number of amides is 2. The van der Waals surface area contributed by atoms with Crippen LogP contribution in [0, 0.1) is 0 Å². The molecule has 96 valence electrons. The molecule has 0 aliphatic rings. The lowest BCUT2D eigenvalue weighted by molar-refractivity contribution is -0.122. The predicted octanol–water partition coefficient (Wildman–Crippen LogP) is 1.40. The van der Waals surface area contributed by atoms with Crippen LogP contribution < -0.4 is 10.6 Å². The summed E-state index contributed by atoms with van der Waals surface area (Å²) in [5, 5.41) is 12.5. The van der Waals surface area contributed by atoms with Crippen molar-refractivity contribution in [2.24, 2.45) is 0 Å². The third kappa shape index (κ3) is 11.1. The van der Waals surface area contributed by atoms with Gasteiger partial charge in [0.05, 0.1) is 0 Å². The lowest BCUT2D eigenvalue weighted by atomic mass is 10.2. The third-order valence-corrected chi connectivity index (χ3v) is 1.82. The minimum Gasteiger partial charge on any atom is -0.396 e. The maximum absolute atomic E-state index is 11.7. The molecule has 2 amide bonds. The first-order valence-corrected chi connectivity index (χ1v) is 5.15. The van der Waals surface area contributed by atoms with Crippen molar-refractivity contribution in [1.82, 2.24) is 10.6 Å². The fraction of sp³-hybridized carbons (Fsp3) is 0.889. The number of unbranched alkanes of at least 4 members (excludes halogenated alkanes) is 3. The summed E-state index contributed by atoms with van der Waals surface area (Å²) < 4.78 is 35.0. The Labute approximate surface area is 92.2 Å². The van der Waals surface area contributed by atoms with Gasteiger partial charge in [0.15, 0.2) is 0 Å². The highest BCUT2D eigenvalue weighted by Crippen LogP contribution is 2.11. The molecule has 0 saturated heterocycles. The van der Waals surface area contributed by atoms with Crippen LogP contribution in [0.25, 0.3) is 0 Å². The molecular formula is C9H17F3N2O2. The predicted molar refractivity (Wildman–Crippen MR) is 53.0 cm³/mol. The van der Waals surface area contributed by atoms with Gasteiger partial charge < -0.3 is 15.7 Å². The molecule has 0 fully saturated rings. The molecule has 0 aliphatic heterocycles. The number of rotatable bonds is 7. The van der Waals surface area contributed by atoms with E-state index in [0.29, 0.717) is 19.4 Å². The van der Waals surface area contributed by atoms with Gasteiger partial charge in [0.25, 0.3) is 0 Å². The van der Waals surface area contributed by atoms with Crippen molar-refractivity contribution in [2.75, 3.05) is 19.7 Å². The molecule has 0 aromatic carbocycles. The zero-order chi connectivity index (χ0) is 12.4. The first-order valence-electron chi connectivity index (χ1n) is 5.15. The summed E-state index contributed by atoms with van der Waals surface area (Å²) in [5.74, 6) is 0. The van der Waals surface area contributed by atoms with Crippen molar-refractivity contribution >= 4 is 6.03 Å². The van der Waals surface area contributed by atoms with Crippen molar-refractivity contribution in [3.63, 3.8) is 0 Å². The summed E-state index contributed by atoms with van der Waals surface area (Å²) in [4.78, 5) is 10.8. The molecule has 0 aliphatic carbocycles. The van der Waals surface area contributed by atoms with Crippen LogP contribution in [0.4, 0.5) is 18.0 Å². The number of carbonyl (C=O) groups is 1. The molecule has 0 saturated carbocycles. The van der Waals surface area contributed by atoms with Gasteiger partial charge in [0, 0.05) is 13.2 Å². The highest BCUT2D eigenvalue weighted by molar-refractivity contribution is 5.73. The van der Waals surface area contributed by atoms with Gasteiger partial charge in [-0.15, -0.1) is 0 Å². The molecule has 0 radical (unpaired) electrons. The van der Waals surface area contributed by atoms with E-state index in [1.807, 2.05) is 0 Å². The summed E-state index contributed by atoms with van der Waals surface area (Å²) in [5.41, 5.74) is 0. The van der Waals surface area contributed by atoms with Gasteiger partial charge in [-0.1, -0.05) is 12.8 Å². The Morgan fingerprint density at radius 1 is 1.06 bits per heavy atom. The lowest BCUT2D eigenvalue weighted by Crippen LogP contribution is -2.41. The van der Waals surface area contributed by atoms with Gasteiger partial charge in [-0.05, 0) is 12.8 Å². The third-order valence-electron chi connectivity index (χ3n) is 1.82. The normalized spacial score (nSPS) is 11.2. The molecule has 0 aromatic rings. The zero-order valence-electron chi connectivity index (χ0n) is 8.94. The van der Waals surface area contributed by atoms with E-state index in [-0.39, 0.29) is 6.61 Å². The van der Waals surface area contributed by atoms with Crippen molar-refractivity contribution in [1.29, 1.82) is 0 Å². The molecule has 0 unspecified atom stereocenters. The Balaban J connectivity index is 3.31. The van der Waals surface area contributed by atoms with Crippen molar-refractivity contribution < 1.29 is 23.1 Å². The SMILES string of the molecule is O=C(NCCCCCCO)NCC(F)(F)F. The van der Waals surface area contributed by atoms with Crippen molar-refractivity contribution in [2.45, 2.75) is 31.9 Å². The van der Waals surface area contributed by atoms with Crippen LogP contribution >= 0.6 is 0 Å². The zero-order valence-corrected chi connectivity index (χ0v) is 8.94. The van der Waals surface area contributed by atoms with Gasteiger partial charge in [-0.25, -0.2) is 4.79 Å². The Hall–Kier alpha value is -0.980. The van der Waals surface area contributed by atoms with Gasteiger partial charge in [0.2, 0.25) is 0 Å². The first-order chi connectivity index (χ1) is 7.45. The number of hydrogen-bond donors (Lipinski definition) is 3. The monoisotopic (exact) mass is 242 g/mol. The number of aliphatic hydroxyl groups is 1. The first kappa shape index (κ1) is 15.0. The van der Waals surface area contributed by atoms with E-state index in [1.165, 1.54) is 0 Å². The average molecular weight is 242 g/mol. The maximum atomic E-state index is 11.7. The number of hydrogen-bond acceptors (Lipinski definition) is 2. The topological polar surface area (TPSA) is 61.4 Å². The van der Waals surface area contributed by atoms with E-state index in [0.717, 1.165) is 12.8 Å². The Morgan fingerprint density at radius 2 is 1.69 bits per heavy atom. The van der Waals surface area contributed by atoms with Crippen LogP contribution in [0.15, 0.2) is 0 Å². The van der Waals surface area contributed by atoms with Gasteiger partial charge in [-0.3, -0.25) is 0 Å². The van der Waals surface area contributed by atoms with Crippen molar-refractivity contribution in [3.8, 4) is 0 Å². The van der Waals surface area contributed by atoms with Crippen molar-refractivity contribution in [3.05, 3.63) is 0 Å². The molecular weight excluding hydrogens is 225 g/mol. The standard InChI is InChI=1S/C9H17F3N2O2/c10-9(11,12)7-14-8(16)13-5-3-1-2-4-6-15/h15H,1-7H2,(H2,13,14,16). The van der Waals surface area contributed by atoms with E-state index >= 15 is 0 Å². The van der Waals surface area contributed by atoms with E-state index in [2.05, 4.69) is 5.32 Å². The lowest BCUT2D eigenvalue weighted by Gasteiger charge is -2.09. The second-order valence-corrected chi connectivity index (χ2v) is 3.36. The van der Waals surface area contributed by atoms with Crippen LogP contribution in [-0.2, 0) is 0 Å². The molecule has 0 aromatic heterocycles. The van der Waals surface area contributed by atoms with Crippen LogP contribution in [0.5, 0.6) is 0 Å². The summed E-state index contributed by atoms with van der Waals surface area (Å²) in [6, 6.07) is -0.806. The molecule has 0 rings (SSSR count). The van der Waals surface area contributed by atoms with Crippen LogP contribution in [-0.4, -0.2) is 37.0 Å². The molecule has 4 nitrogen and oxygen atoms in total. The van der Waals surface area contributed by atoms with Gasteiger partial charge in [-0.2, -0.15) is 13.2 Å². The Morgan fingerprint density at radius 3 is 2.25 bits per heavy atom. The Bertz CT molecular complexity index is 198. The minimum atomic E-state index is -4.38. The van der Waals surface area contributed by atoms with E-state index in [4.69, 9.17) is 5.11 Å². The maximum Gasteiger partial charge on any atom is 0.405 e.